The second-order valence-corrected chi connectivity index (χ2v) is 9.30. The van der Waals surface area contributed by atoms with Crippen molar-refractivity contribution in [3.8, 4) is 0 Å². The molecule has 0 fully saturated rings. The molecular weight excluding hydrogens is 482 g/mol. The van der Waals surface area contributed by atoms with E-state index >= 15 is 0 Å². The Labute approximate surface area is 212 Å². The van der Waals surface area contributed by atoms with Crippen molar-refractivity contribution in [2.24, 2.45) is 10.8 Å². The highest BCUT2D eigenvalue weighted by atomic mass is 16.6. The topological polar surface area (TPSA) is 187 Å². The normalized spacial score (nSPS) is 15.5. The summed E-state index contributed by atoms with van der Waals surface area (Å²) >= 11 is 0. The summed E-state index contributed by atoms with van der Waals surface area (Å²) in [7, 11) is 0. The number of nitrogens with zero attached hydrogens (tertiary/aromatic N) is 3. The molecule has 2 heterocycles. The van der Waals surface area contributed by atoms with Crippen LogP contribution in [-0.4, -0.2) is 51.2 Å². The predicted octanol–water partition coefficient (Wildman–Crippen LogP) is 0.854. The molecule has 0 radical (unpaired) electrons. The minimum Gasteiger partial charge on any atom is -0.460 e. The van der Waals surface area contributed by atoms with Crippen LogP contribution < -0.4 is 27.4 Å². The fraction of sp³-hybridized carbons (Fsp3) is 0.375. The lowest BCUT2D eigenvalue weighted by Crippen LogP contribution is -2.44. The number of benzene rings is 1. The molecule has 1 aliphatic heterocycles. The zero-order chi connectivity index (χ0) is 27.2. The molecule has 2 aromatic rings. The summed E-state index contributed by atoms with van der Waals surface area (Å²) in [5, 5.41) is 8.83. The van der Waals surface area contributed by atoms with E-state index < -0.39 is 47.1 Å². The van der Waals surface area contributed by atoms with Gasteiger partial charge >= 0.3 is 12.0 Å². The van der Waals surface area contributed by atoms with Crippen LogP contribution in [0.15, 0.2) is 46.4 Å². The maximum atomic E-state index is 13.2. The summed E-state index contributed by atoms with van der Waals surface area (Å²) in [5.41, 5.74) is 5.95. The Bertz CT molecular complexity index is 1270. The number of hydrogen-bond donors (Lipinski definition) is 4. The molecule has 4 amide bonds. The third-order valence-electron chi connectivity index (χ3n) is 5.17. The van der Waals surface area contributed by atoms with Crippen LogP contribution in [0.4, 0.5) is 10.5 Å². The highest BCUT2D eigenvalue weighted by Crippen LogP contribution is 2.23. The van der Waals surface area contributed by atoms with Gasteiger partial charge in [-0.3, -0.25) is 23.7 Å². The maximum absolute atomic E-state index is 13.2. The van der Waals surface area contributed by atoms with E-state index in [2.05, 4.69) is 20.7 Å². The van der Waals surface area contributed by atoms with E-state index in [9.17, 15) is 24.0 Å². The van der Waals surface area contributed by atoms with Crippen molar-refractivity contribution in [2.75, 3.05) is 5.32 Å². The standard InChI is InChI=1S/C24H29N7O6/c1-24(2,3)37-19(32)11-15(12-27-30-23(25)36)28-21(34)17-9-10-18-26-13-16(22(35)31(17)18)29-20(33)14-7-5-4-6-8-14/h4-8,12-13,15,17H,9-11H2,1-3H3,(H,28,34)(H,29,33)(H3,25,30,36)/t15-,17?/m0/s1. The molecule has 13 nitrogen and oxygen atoms in total. The first-order valence-corrected chi connectivity index (χ1v) is 11.5. The molecule has 0 aliphatic carbocycles. The minimum absolute atomic E-state index is 0.0742. The maximum Gasteiger partial charge on any atom is 0.332 e. The summed E-state index contributed by atoms with van der Waals surface area (Å²) in [4.78, 5) is 66.4. The number of aryl methyl sites for hydroxylation is 1. The average molecular weight is 512 g/mol. The van der Waals surface area contributed by atoms with Gasteiger partial charge in [0.1, 0.15) is 23.2 Å². The minimum atomic E-state index is -0.970. The van der Waals surface area contributed by atoms with Gasteiger partial charge in [0.15, 0.2) is 0 Å². The Balaban J connectivity index is 1.79. The molecular formula is C24H29N7O6. The van der Waals surface area contributed by atoms with Crippen LogP contribution in [-0.2, 0) is 20.7 Å². The lowest BCUT2D eigenvalue weighted by Gasteiger charge is -2.22. The number of carbonyl (C=O) groups is 4. The largest absolute Gasteiger partial charge is 0.460 e. The van der Waals surface area contributed by atoms with Crippen LogP contribution in [0.5, 0.6) is 0 Å². The van der Waals surface area contributed by atoms with Crippen molar-refractivity contribution in [3.63, 3.8) is 0 Å². The summed E-state index contributed by atoms with van der Waals surface area (Å²) in [6.45, 7) is 5.10. The SMILES string of the molecule is CC(C)(C)OC(=O)C[C@@H](C=NNC(N)=O)NC(=O)C1CCc2ncc(NC(=O)c3ccccc3)c(=O)n21. The van der Waals surface area contributed by atoms with E-state index in [-0.39, 0.29) is 18.5 Å². The monoisotopic (exact) mass is 511 g/mol. The second kappa shape index (κ2) is 11.5. The van der Waals surface area contributed by atoms with Crippen LogP contribution in [0.3, 0.4) is 0 Å². The predicted molar refractivity (Wildman–Crippen MR) is 134 cm³/mol. The van der Waals surface area contributed by atoms with E-state index in [1.54, 1.807) is 51.1 Å². The van der Waals surface area contributed by atoms with E-state index in [0.717, 1.165) is 6.21 Å². The number of aromatic nitrogens is 2. The number of nitrogens with two attached hydrogens (primary N) is 1. The number of carbonyl (C=O) groups excluding carboxylic acids is 4. The Kier molecular flexibility index (Phi) is 8.37. The van der Waals surface area contributed by atoms with E-state index in [1.807, 2.05) is 5.43 Å². The van der Waals surface area contributed by atoms with Gasteiger partial charge in [-0.15, -0.1) is 0 Å². The van der Waals surface area contributed by atoms with Gasteiger partial charge in [-0.1, -0.05) is 18.2 Å². The smallest absolute Gasteiger partial charge is 0.332 e. The molecule has 37 heavy (non-hydrogen) atoms. The van der Waals surface area contributed by atoms with Crippen molar-refractivity contribution in [1.82, 2.24) is 20.3 Å². The van der Waals surface area contributed by atoms with Crippen LogP contribution in [0, 0.1) is 0 Å². The number of anilines is 1. The number of primary amides is 1. The number of fused-ring (bicyclic) bond motifs is 1. The van der Waals surface area contributed by atoms with Gasteiger partial charge in [0, 0.05) is 18.2 Å². The van der Waals surface area contributed by atoms with Gasteiger partial charge in [-0.2, -0.15) is 5.10 Å². The van der Waals surface area contributed by atoms with E-state index in [1.165, 1.54) is 10.8 Å². The Morgan fingerprint density at radius 3 is 2.59 bits per heavy atom. The van der Waals surface area contributed by atoms with Crippen LogP contribution in [0.2, 0.25) is 0 Å². The third kappa shape index (κ3) is 7.46. The summed E-state index contributed by atoms with van der Waals surface area (Å²) in [6, 6.07) is 5.51. The summed E-state index contributed by atoms with van der Waals surface area (Å²) in [6.07, 6.45) is 2.75. The Morgan fingerprint density at radius 1 is 1.24 bits per heavy atom. The lowest BCUT2D eigenvalue weighted by molar-refractivity contribution is -0.155. The van der Waals surface area contributed by atoms with Gasteiger partial charge in [-0.05, 0) is 39.3 Å². The van der Waals surface area contributed by atoms with Crippen LogP contribution >= 0.6 is 0 Å². The average Bonchev–Trinajstić information content (AvgIpc) is 3.25. The molecule has 1 aromatic carbocycles. The highest BCUT2D eigenvalue weighted by Gasteiger charge is 2.33. The molecule has 3 rings (SSSR count). The molecule has 13 heteroatoms. The zero-order valence-electron chi connectivity index (χ0n) is 20.7. The molecule has 0 spiro atoms. The summed E-state index contributed by atoms with van der Waals surface area (Å²) in [5.74, 6) is -1.29. The second-order valence-electron chi connectivity index (χ2n) is 9.30. The number of amides is 4. The molecule has 196 valence electrons. The van der Waals surface area contributed by atoms with Crippen molar-refractivity contribution >= 4 is 35.7 Å². The van der Waals surface area contributed by atoms with E-state index in [0.29, 0.717) is 17.8 Å². The van der Waals surface area contributed by atoms with Gasteiger partial charge < -0.3 is 21.1 Å². The third-order valence-corrected chi connectivity index (χ3v) is 5.17. The van der Waals surface area contributed by atoms with Gasteiger partial charge in [0.25, 0.3) is 11.5 Å². The number of esters is 1. The molecule has 0 saturated carbocycles. The van der Waals surface area contributed by atoms with Gasteiger partial charge in [-0.25, -0.2) is 15.2 Å². The number of rotatable bonds is 8. The number of hydrogen-bond acceptors (Lipinski definition) is 8. The number of nitrogens with one attached hydrogen (secondary N) is 3. The molecule has 0 saturated heterocycles. The quantitative estimate of drug-likeness (QED) is 0.230. The number of ether oxygens (including phenoxy) is 1. The van der Waals surface area contributed by atoms with Crippen molar-refractivity contribution < 1.29 is 23.9 Å². The van der Waals surface area contributed by atoms with Crippen LogP contribution in [0.1, 0.15) is 55.8 Å². The molecule has 2 atom stereocenters. The number of hydrazone groups is 1. The fourth-order valence-corrected chi connectivity index (χ4v) is 3.70. The molecule has 1 aromatic heterocycles. The molecule has 1 aliphatic rings. The van der Waals surface area contributed by atoms with Crippen molar-refractivity contribution in [1.29, 1.82) is 0 Å². The molecule has 0 bridgehead atoms. The summed E-state index contributed by atoms with van der Waals surface area (Å²) < 4.78 is 6.52. The Hall–Kier alpha value is -4.55. The highest BCUT2D eigenvalue weighted by molar-refractivity contribution is 6.04. The Morgan fingerprint density at radius 2 is 1.95 bits per heavy atom. The van der Waals surface area contributed by atoms with E-state index in [4.69, 9.17) is 10.5 Å². The fourth-order valence-electron chi connectivity index (χ4n) is 3.70. The first kappa shape index (κ1) is 27.0. The van der Waals surface area contributed by atoms with Crippen molar-refractivity contribution in [3.05, 3.63) is 58.3 Å². The van der Waals surface area contributed by atoms with Crippen LogP contribution in [0.25, 0.3) is 0 Å². The number of urea groups is 1. The van der Waals surface area contributed by atoms with Gasteiger partial charge in [0.05, 0.1) is 18.7 Å². The molecule has 1 unspecified atom stereocenters. The molecule has 5 N–H and O–H groups in total. The van der Waals surface area contributed by atoms with Crippen molar-refractivity contribution in [2.45, 2.75) is 57.7 Å². The first-order chi connectivity index (χ1) is 17.4. The zero-order valence-corrected chi connectivity index (χ0v) is 20.7. The van der Waals surface area contributed by atoms with Gasteiger partial charge in [0.2, 0.25) is 5.91 Å². The lowest BCUT2D eigenvalue weighted by atomic mass is 10.1. The first-order valence-electron chi connectivity index (χ1n) is 11.5.